The second-order valence-electron chi connectivity index (χ2n) is 7.40. The van der Waals surface area contributed by atoms with Crippen LogP contribution in [0.1, 0.15) is 33.9 Å². The van der Waals surface area contributed by atoms with Gasteiger partial charge in [-0.25, -0.2) is 9.40 Å². The molecule has 5 nitrogen and oxygen atoms in total. The first-order valence-corrected chi connectivity index (χ1v) is 10.6. The van der Waals surface area contributed by atoms with Crippen molar-refractivity contribution in [1.82, 2.24) is 5.01 Å². The SMILES string of the molecule is COc1ccc(C(=O)[C@@H]2Oc3ccc(Br)cc3[C@H]3CC(c4ccc(F)cc4)=NN32)cc1. The van der Waals surface area contributed by atoms with Gasteiger partial charge in [-0.15, -0.1) is 0 Å². The van der Waals surface area contributed by atoms with Crippen molar-refractivity contribution >= 4 is 27.4 Å². The predicted octanol–water partition coefficient (Wildman–Crippen LogP) is 5.35. The van der Waals surface area contributed by atoms with Crippen LogP contribution in [0.5, 0.6) is 11.5 Å². The molecule has 0 aliphatic carbocycles. The summed E-state index contributed by atoms with van der Waals surface area (Å²) in [6.45, 7) is 0. The van der Waals surface area contributed by atoms with Gasteiger partial charge in [-0.3, -0.25) is 4.79 Å². The van der Waals surface area contributed by atoms with Crippen LogP contribution in [0.4, 0.5) is 4.39 Å². The number of rotatable bonds is 4. The van der Waals surface area contributed by atoms with Crippen molar-refractivity contribution in [2.45, 2.75) is 18.7 Å². The lowest BCUT2D eigenvalue weighted by Crippen LogP contribution is -2.45. The maximum absolute atomic E-state index is 13.4. The number of hydrogen-bond acceptors (Lipinski definition) is 5. The molecule has 0 bridgehead atoms. The minimum atomic E-state index is -0.898. The van der Waals surface area contributed by atoms with Gasteiger partial charge in [-0.1, -0.05) is 28.1 Å². The maximum Gasteiger partial charge on any atom is 0.251 e. The van der Waals surface area contributed by atoms with Crippen LogP contribution < -0.4 is 9.47 Å². The molecule has 0 spiro atoms. The van der Waals surface area contributed by atoms with Crippen molar-refractivity contribution in [1.29, 1.82) is 0 Å². The molecule has 0 saturated carbocycles. The third kappa shape index (κ3) is 3.59. The van der Waals surface area contributed by atoms with Gasteiger partial charge in [0.2, 0.25) is 5.78 Å². The highest BCUT2D eigenvalue weighted by Crippen LogP contribution is 2.44. The van der Waals surface area contributed by atoms with Gasteiger partial charge in [0.25, 0.3) is 6.23 Å². The van der Waals surface area contributed by atoms with Gasteiger partial charge in [0.15, 0.2) is 0 Å². The average Bonchev–Trinajstić information content (AvgIpc) is 3.24. The molecule has 2 aliphatic rings. The first kappa shape index (κ1) is 19.8. The number of ketones is 1. The number of hydrazone groups is 1. The standard InChI is InChI=1S/C24H18BrFN2O3/c1-30-18-9-4-15(5-10-18)23(29)24-28-21(19-12-16(25)6-11-22(19)31-24)13-20(27-28)14-2-7-17(26)8-3-14/h2-12,21,24H,13H2,1H3/t21-,24+/m1/s1. The molecule has 0 fully saturated rings. The monoisotopic (exact) mass is 480 g/mol. The van der Waals surface area contributed by atoms with E-state index in [0.717, 1.165) is 21.3 Å². The molecule has 0 N–H and O–H groups in total. The fourth-order valence-electron chi connectivity index (χ4n) is 3.95. The molecule has 0 amide bonds. The highest BCUT2D eigenvalue weighted by molar-refractivity contribution is 9.10. The number of ether oxygens (including phenoxy) is 2. The molecule has 0 saturated heterocycles. The van der Waals surface area contributed by atoms with Gasteiger partial charge >= 0.3 is 0 Å². The Hall–Kier alpha value is -3.19. The maximum atomic E-state index is 13.4. The van der Waals surface area contributed by atoms with E-state index in [0.29, 0.717) is 23.5 Å². The summed E-state index contributed by atoms with van der Waals surface area (Å²) in [5.41, 5.74) is 3.07. The second kappa shape index (κ2) is 7.81. The third-order valence-electron chi connectivity index (χ3n) is 5.53. The number of fused-ring (bicyclic) bond motifs is 3. The molecule has 0 aromatic heterocycles. The van der Waals surface area contributed by atoms with E-state index < -0.39 is 6.23 Å². The fraction of sp³-hybridized carbons (Fsp3) is 0.167. The van der Waals surface area contributed by atoms with Crippen LogP contribution in [0.2, 0.25) is 0 Å². The molecule has 31 heavy (non-hydrogen) atoms. The van der Waals surface area contributed by atoms with Crippen LogP contribution in [0, 0.1) is 5.82 Å². The molecule has 156 valence electrons. The fourth-order valence-corrected chi connectivity index (χ4v) is 4.32. The quantitative estimate of drug-likeness (QED) is 0.472. The summed E-state index contributed by atoms with van der Waals surface area (Å²) < 4.78 is 25.6. The van der Waals surface area contributed by atoms with E-state index in [4.69, 9.17) is 14.6 Å². The minimum Gasteiger partial charge on any atom is -0.497 e. The summed E-state index contributed by atoms with van der Waals surface area (Å²) in [4.78, 5) is 13.4. The van der Waals surface area contributed by atoms with Crippen molar-refractivity contribution in [3.63, 3.8) is 0 Å². The molecule has 5 rings (SSSR count). The number of methoxy groups -OCH3 is 1. The molecular weight excluding hydrogens is 463 g/mol. The van der Waals surface area contributed by atoms with E-state index in [-0.39, 0.29) is 17.6 Å². The Morgan fingerprint density at radius 3 is 2.58 bits per heavy atom. The van der Waals surface area contributed by atoms with E-state index in [2.05, 4.69) is 15.9 Å². The Kier molecular flexibility index (Phi) is 4.98. The molecule has 2 atom stereocenters. The lowest BCUT2D eigenvalue weighted by molar-refractivity contribution is -0.00459. The third-order valence-corrected chi connectivity index (χ3v) is 6.02. The number of Topliss-reactive ketones (excluding diaryl/α,β-unsaturated/α-hetero) is 1. The van der Waals surface area contributed by atoms with Gasteiger partial charge in [0, 0.05) is 22.0 Å². The molecule has 3 aromatic rings. The van der Waals surface area contributed by atoms with Crippen molar-refractivity contribution < 1.29 is 18.7 Å². The summed E-state index contributed by atoms with van der Waals surface area (Å²) in [6, 6.07) is 18.7. The van der Waals surface area contributed by atoms with Crippen LogP contribution in [0.25, 0.3) is 0 Å². The van der Waals surface area contributed by atoms with Crippen LogP contribution in [0.15, 0.2) is 76.3 Å². The zero-order valence-corrected chi connectivity index (χ0v) is 18.2. The normalized spacial score (nSPS) is 19.2. The molecule has 7 heteroatoms. The minimum absolute atomic E-state index is 0.159. The summed E-state index contributed by atoms with van der Waals surface area (Å²) in [5.74, 6) is 0.842. The summed E-state index contributed by atoms with van der Waals surface area (Å²) in [6.07, 6.45) is -0.310. The zero-order valence-electron chi connectivity index (χ0n) is 16.6. The smallest absolute Gasteiger partial charge is 0.251 e. The highest BCUT2D eigenvalue weighted by Gasteiger charge is 2.43. The number of nitrogens with zero attached hydrogens (tertiary/aromatic N) is 2. The number of halogens is 2. The lowest BCUT2D eigenvalue weighted by atomic mass is 9.96. The number of carbonyl (C=O) groups is 1. The van der Waals surface area contributed by atoms with E-state index >= 15 is 0 Å². The first-order chi connectivity index (χ1) is 15.0. The Morgan fingerprint density at radius 2 is 1.87 bits per heavy atom. The van der Waals surface area contributed by atoms with Crippen molar-refractivity contribution in [2.24, 2.45) is 5.10 Å². The van der Waals surface area contributed by atoms with E-state index in [9.17, 15) is 9.18 Å². The zero-order chi connectivity index (χ0) is 21.5. The Labute approximate surface area is 187 Å². The number of benzene rings is 3. The van der Waals surface area contributed by atoms with E-state index in [1.807, 2.05) is 18.2 Å². The van der Waals surface area contributed by atoms with Crippen LogP contribution in [-0.4, -0.2) is 29.8 Å². The van der Waals surface area contributed by atoms with Gasteiger partial charge in [0.05, 0.1) is 18.9 Å². The van der Waals surface area contributed by atoms with Crippen LogP contribution >= 0.6 is 15.9 Å². The molecule has 2 aliphatic heterocycles. The number of hydrogen-bond donors (Lipinski definition) is 0. The van der Waals surface area contributed by atoms with Crippen molar-refractivity contribution in [3.8, 4) is 11.5 Å². The van der Waals surface area contributed by atoms with Crippen LogP contribution in [-0.2, 0) is 0 Å². The van der Waals surface area contributed by atoms with Crippen molar-refractivity contribution in [3.05, 3.63) is 93.7 Å². The van der Waals surface area contributed by atoms with E-state index in [1.165, 1.54) is 12.1 Å². The van der Waals surface area contributed by atoms with Gasteiger partial charge in [-0.05, 0) is 60.2 Å². The topological polar surface area (TPSA) is 51.1 Å². The predicted molar refractivity (Wildman–Crippen MR) is 118 cm³/mol. The second-order valence-corrected chi connectivity index (χ2v) is 8.31. The first-order valence-electron chi connectivity index (χ1n) is 9.79. The van der Waals surface area contributed by atoms with Gasteiger partial charge in [0.1, 0.15) is 17.3 Å². The molecular formula is C24H18BrFN2O3. The average molecular weight is 481 g/mol. The summed E-state index contributed by atoms with van der Waals surface area (Å²) in [7, 11) is 1.58. The molecule has 2 heterocycles. The lowest BCUT2D eigenvalue weighted by Gasteiger charge is -2.37. The molecule has 0 unspecified atom stereocenters. The Balaban J connectivity index is 1.55. The largest absolute Gasteiger partial charge is 0.497 e. The van der Waals surface area contributed by atoms with E-state index in [1.54, 1.807) is 48.5 Å². The number of carbonyl (C=O) groups excluding carboxylic acids is 1. The Morgan fingerprint density at radius 1 is 1.13 bits per heavy atom. The van der Waals surface area contributed by atoms with Crippen LogP contribution in [0.3, 0.4) is 0 Å². The van der Waals surface area contributed by atoms with Crippen molar-refractivity contribution in [2.75, 3.05) is 7.11 Å². The summed E-state index contributed by atoms with van der Waals surface area (Å²) >= 11 is 3.52. The highest BCUT2D eigenvalue weighted by atomic mass is 79.9. The summed E-state index contributed by atoms with van der Waals surface area (Å²) in [5, 5.41) is 6.46. The Bertz CT molecular complexity index is 1180. The van der Waals surface area contributed by atoms with Gasteiger partial charge < -0.3 is 9.47 Å². The van der Waals surface area contributed by atoms with Gasteiger partial charge in [-0.2, -0.15) is 5.10 Å². The molecule has 3 aromatic carbocycles. The molecule has 0 radical (unpaired) electrons.